The first-order valence-corrected chi connectivity index (χ1v) is 10.3. The molecule has 19 heavy (non-hydrogen) atoms. The third-order valence-electron chi connectivity index (χ3n) is 5.75. The van der Waals surface area contributed by atoms with Crippen molar-refractivity contribution >= 4 is 20.4 Å². The molecule has 1 aliphatic heterocycles. The van der Waals surface area contributed by atoms with Crippen molar-refractivity contribution in [3.8, 4) is 0 Å². The fraction of sp³-hybridized carbons (Fsp3) is 0.625. The van der Waals surface area contributed by atoms with Gasteiger partial charge in [0.1, 0.15) is 0 Å². The monoisotopic (exact) mass is 274 g/mol. The molecule has 1 nitrogen and oxygen atoms in total. The summed E-state index contributed by atoms with van der Waals surface area (Å²) in [7, 11) is -1.83. The zero-order chi connectivity index (χ0) is 14.1. The molecule has 1 fully saturated rings. The number of benzene rings is 1. The summed E-state index contributed by atoms with van der Waals surface area (Å²) >= 11 is 0. The summed E-state index contributed by atoms with van der Waals surface area (Å²) in [5, 5.41) is 1.84. The van der Waals surface area contributed by atoms with Crippen LogP contribution in [0.5, 0.6) is 0 Å². The van der Waals surface area contributed by atoms with E-state index < -0.39 is 8.32 Å². The molecule has 3 heteroatoms. The van der Waals surface area contributed by atoms with E-state index in [4.69, 9.17) is 4.34 Å². The maximum Gasteiger partial charge on any atom is 0.287 e. The van der Waals surface area contributed by atoms with E-state index >= 15 is 0 Å². The van der Waals surface area contributed by atoms with Crippen LogP contribution in [-0.4, -0.2) is 15.2 Å². The van der Waals surface area contributed by atoms with Gasteiger partial charge < -0.3 is 4.34 Å². The third-order valence-corrected chi connectivity index (χ3v) is 10.2. The van der Waals surface area contributed by atoms with Crippen molar-refractivity contribution < 1.29 is 4.34 Å². The Balaban J connectivity index is 2.45. The molecule has 1 aromatic carbocycles. The Kier molecular flexibility index (Phi) is 4.26. The predicted molar refractivity (Wildman–Crippen MR) is 87.7 cm³/mol. The highest BCUT2D eigenvalue weighted by atomic mass is 28.4. The van der Waals surface area contributed by atoms with Crippen molar-refractivity contribution in [1.82, 2.24) is 0 Å². The highest BCUT2D eigenvalue weighted by Crippen LogP contribution is 2.60. The van der Waals surface area contributed by atoms with Crippen LogP contribution in [-0.2, 0) is 4.34 Å². The fourth-order valence-electron chi connectivity index (χ4n) is 4.24. The molecule has 0 spiro atoms. The van der Waals surface area contributed by atoms with E-state index in [0.717, 1.165) is 6.32 Å². The number of hydrogen-bond acceptors (Lipinski definition) is 1. The van der Waals surface area contributed by atoms with Crippen LogP contribution < -0.4 is 5.19 Å². The van der Waals surface area contributed by atoms with Crippen molar-refractivity contribution in [2.24, 2.45) is 0 Å². The van der Waals surface area contributed by atoms with Gasteiger partial charge in [-0.05, 0) is 22.6 Å². The lowest BCUT2D eigenvalue weighted by Crippen LogP contribution is -2.48. The highest BCUT2D eigenvalue weighted by molar-refractivity contribution is 6.95. The van der Waals surface area contributed by atoms with Gasteiger partial charge in [-0.2, -0.15) is 0 Å². The first kappa shape index (κ1) is 14.9. The zero-order valence-corrected chi connectivity index (χ0v) is 14.1. The van der Waals surface area contributed by atoms with Crippen molar-refractivity contribution in [3.63, 3.8) is 0 Å². The molecule has 104 valence electrons. The van der Waals surface area contributed by atoms with E-state index in [-0.39, 0.29) is 0 Å². The van der Waals surface area contributed by atoms with Crippen molar-refractivity contribution in [2.45, 2.75) is 64.3 Å². The average molecular weight is 274 g/mol. The minimum Gasteiger partial charge on any atom is -0.473 e. The van der Waals surface area contributed by atoms with Gasteiger partial charge in [-0.1, -0.05) is 77.2 Å². The van der Waals surface area contributed by atoms with Gasteiger partial charge >= 0.3 is 0 Å². The van der Waals surface area contributed by atoms with Crippen LogP contribution in [0.15, 0.2) is 30.3 Å². The Bertz CT molecular complexity index is 418. The summed E-state index contributed by atoms with van der Waals surface area (Å²) in [4.78, 5) is 0. The topological polar surface area (TPSA) is 9.23 Å². The Morgan fingerprint density at radius 3 is 2.16 bits per heavy atom. The minimum atomic E-state index is -1.83. The van der Waals surface area contributed by atoms with Gasteiger partial charge in [0, 0.05) is 0 Å². The summed E-state index contributed by atoms with van der Waals surface area (Å²) in [6, 6.07) is 11.0. The van der Waals surface area contributed by atoms with Gasteiger partial charge in [0.15, 0.2) is 0 Å². The summed E-state index contributed by atoms with van der Waals surface area (Å²) in [5.41, 5.74) is 0.683. The molecular weight excluding hydrogens is 247 g/mol. The van der Waals surface area contributed by atoms with E-state index in [0.29, 0.717) is 17.8 Å². The minimum absolute atomic E-state index is 0.381. The molecule has 2 rings (SSSR count). The Labute approximate surface area is 120 Å². The van der Waals surface area contributed by atoms with Crippen LogP contribution in [0.2, 0.25) is 23.7 Å². The molecule has 0 N–H and O–H groups in total. The Morgan fingerprint density at radius 2 is 1.74 bits per heavy atom. The Morgan fingerprint density at radius 1 is 1.16 bits per heavy atom. The van der Waals surface area contributed by atoms with E-state index in [9.17, 15) is 0 Å². The molecular formula is C16H27BOSi. The highest BCUT2D eigenvalue weighted by Gasteiger charge is 2.60. The smallest absolute Gasteiger partial charge is 0.287 e. The van der Waals surface area contributed by atoms with E-state index in [2.05, 4.69) is 64.6 Å². The van der Waals surface area contributed by atoms with Crippen LogP contribution in [0.3, 0.4) is 0 Å². The van der Waals surface area contributed by atoms with Crippen molar-refractivity contribution in [2.75, 3.05) is 0 Å². The Hall–Kier alpha value is -0.538. The second-order valence-electron chi connectivity index (χ2n) is 6.15. The molecule has 0 bridgehead atoms. The molecule has 0 aromatic heterocycles. The fourth-order valence-corrected chi connectivity index (χ4v) is 8.62. The molecule has 0 amide bonds. The maximum absolute atomic E-state index is 6.73. The summed E-state index contributed by atoms with van der Waals surface area (Å²) in [5.74, 6) is 0. The SMILES string of the molecule is CCB1O[Si](C)(c2ccccc2)C(C)C1(CC)CC. The van der Waals surface area contributed by atoms with Gasteiger partial charge in [0.05, 0.1) is 0 Å². The normalized spacial score (nSPS) is 29.7. The maximum atomic E-state index is 6.73. The molecule has 0 saturated carbocycles. The second kappa shape index (κ2) is 5.45. The molecule has 1 saturated heterocycles. The van der Waals surface area contributed by atoms with Crippen LogP contribution in [0.4, 0.5) is 0 Å². The molecule has 1 aromatic rings. The lowest BCUT2D eigenvalue weighted by atomic mass is 9.41. The van der Waals surface area contributed by atoms with Gasteiger partial charge in [-0.25, -0.2) is 0 Å². The van der Waals surface area contributed by atoms with Crippen LogP contribution in [0.25, 0.3) is 0 Å². The van der Waals surface area contributed by atoms with Gasteiger partial charge in [0.2, 0.25) is 8.32 Å². The van der Waals surface area contributed by atoms with E-state index in [1.54, 1.807) is 0 Å². The molecule has 1 aliphatic rings. The molecule has 0 aliphatic carbocycles. The van der Waals surface area contributed by atoms with E-state index in [1.807, 2.05) is 0 Å². The summed E-state index contributed by atoms with van der Waals surface area (Å²) in [6.07, 6.45) is 3.61. The quantitative estimate of drug-likeness (QED) is 0.736. The first-order chi connectivity index (χ1) is 9.05. The van der Waals surface area contributed by atoms with Gasteiger partial charge in [0.25, 0.3) is 6.92 Å². The predicted octanol–water partition coefficient (Wildman–Crippen LogP) is 4.46. The average Bonchev–Trinajstić information content (AvgIpc) is 2.70. The summed E-state index contributed by atoms with van der Waals surface area (Å²) in [6.45, 7) is 12.3. The molecule has 1 heterocycles. The van der Waals surface area contributed by atoms with Crippen molar-refractivity contribution in [3.05, 3.63) is 30.3 Å². The van der Waals surface area contributed by atoms with Gasteiger partial charge in [-0.15, -0.1) is 0 Å². The van der Waals surface area contributed by atoms with Crippen molar-refractivity contribution in [1.29, 1.82) is 0 Å². The lowest BCUT2D eigenvalue weighted by Gasteiger charge is -2.36. The largest absolute Gasteiger partial charge is 0.473 e. The summed E-state index contributed by atoms with van der Waals surface area (Å²) < 4.78 is 6.73. The number of rotatable bonds is 4. The molecule has 0 radical (unpaired) electrons. The second-order valence-corrected chi connectivity index (χ2v) is 10.0. The van der Waals surface area contributed by atoms with E-state index in [1.165, 1.54) is 18.0 Å². The zero-order valence-electron chi connectivity index (χ0n) is 13.1. The molecule has 2 unspecified atom stereocenters. The third kappa shape index (κ3) is 2.11. The lowest BCUT2D eigenvalue weighted by molar-refractivity contribution is 0.479. The van der Waals surface area contributed by atoms with Crippen LogP contribution >= 0.6 is 0 Å². The number of hydrogen-bond donors (Lipinski definition) is 0. The van der Waals surface area contributed by atoms with Crippen LogP contribution in [0.1, 0.15) is 40.5 Å². The van der Waals surface area contributed by atoms with Gasteiger partial charge in [-0.3, -0.25) is 0 Å². The molecule has 2 atom stereocenters. The van der Waals surface area contributed by atoms with Crippen LogP contribution in [0, 0.1) is 0 Å². The standard InChI is InChI=1S/C16H27BOSi/c1-6-16(7-2)14(4)19(5,18-17(16)8-3)15-12-10-9-11-13-15/h9-14H,6-8H2,1-5H3. The first-order valence-electron chi connectivity index (χ1n) is 7.78.